The van der Waals surface area contributed by atoms with E-state index in [0.29, 0.717) is 11.5 Å². The molecule has 0 unspecified atom stereocenters. The molecule has 0 radical (unpaired) electrons. The lowest BCUT2D eigenvalue weighted by Gasteiger charge is -1.91. The van der Waals surface area contributed by atoms with Gasteiger partial charge in [-0.2, -0.15) is 0 Å². The zero-order valence-corrected chi connectivity index (χ0v) is 6.84. The van der Waals surface area contributed by atoms with E-state index in [1.807, 2.05) is 24.3 Å². The number of aldehydes is 1. The molecule has 1 aliphatic carbocycles. The molecule has 0 N–H and O–H groups in total. The average molecular weight is 169 g/mol. The molecule has 0 atom stereocenters. The maximum Gasteiger partial charge on any atom is 0.124 e. The van der Waals surface area contributed by atoms with Gasteiger partial charge in [0.05, 0.1) is 0 Å². The van der Waals surface area contributed by atoms with Gasteiger partial charge in [0, 0.05) is 11.5 Å². The van der Waals surface area contributed by atoms with Gasteiger partial charge in [0.1, 0.15) is 6.29 Å². The fourth-order valence-electron chi connectivity index (χ4n) is 0.907. The first-order chi connectivity index (χ1) is 5.33. The van der Waals surface area contributed by atoms with Gasteiger partial charge in [0.15, 0.2) is 0 Å². The lowest BCUT2D eigenvalue weighted by atomic mass is 10.2. The minimum absolute atomic E-state index is 0.445. The van der Waals surface area contributed by atoms with E-state index in [1.165, 1.54) is 0 Å². The topological polar surface area (TPSA) is 17.1 Å². The third kappa shape index (κ3) is 2.72. The molecule has 58 valence electrons. The molecule has 11 heavy (non-hydrogen) atoms. The van der Waals surface area contributed by atoms with Crippen molar-refractivity contribution in [3.05, 3.63) is 34.9 Å². The van der Waals surface area contributed by atoms with Crippen molar-refractivity contribution in [2.45, 2.75) is 12.8 Å². The van der Waals surface area contributed by atoms with E-state index in [9.17, 15) is 4.79 Å². The van der Waals surface area contributed by atoms with Crippen molar-refractivity contribution in [3.63, 3.8) is 0 Å². The third-order valence-electron chi connectivity index (χ3n) is 1.42. The molecule has 0 aromatic rings. The van der Waals surface area contributed by atoms with E-state index in [-0.39, 0.29) is 0 Å². The number of carbonyl (C=O) groups is 1. The highest BCUT2D eigenvalue weighted by atomic mass is 35.5. The molecule has 0 spiro atoms. The summed E-state index contributed by atoms with van der Waals surface area (Å²) in [6, 6.07) is 0. The van der Waals surface area contributed by atoms with Gasteiger partial charge in [0.25, 0.3) is 0 Å². The molecule has 0 amide bonds. The Morgan fingerprint density at radius 3 is 3.18 bits per heavy atom. The Morgan fingerprint density at radius 1 is 1.64 bits per heavy atom. The van der Waals surface area contributed by atoms with Crippen molar-refractivity contribution in [1.29, 1.82) is 0 Å². The van der Waals surface area contributed by atoms with Gasteiger partial charge in [-0.05, 0) is 18.1 Å². The first kappa shape index (κ1) is 8.28. The van der Waals surface area contributed by atoms with Gasteiger partial charge in [0.2, 0.25) is 0 Å². The summed E-state index contributed by atoms with van der Waals surface area (Å²) in [6.45, 7) is 0. The van der Waals surface area contributed by atoms with Crippen LogP contribution in [-0.2, 0) is 4.79 Å². The molecule has 2 heteroatoms. The van der Waals surface area contributed by atoms with Crippen LogP contribution in [-0.4, -0.2) is 6.29 Å². The first-order valence-corrected chi connectivity index (χ1v) is 3.87. The third-order valence-corrected chi connectivity index (χ3v) is 1.69. The Morgan fingerprint density at radius 2 is 2.45 bits per heavy atom. The summed E-state index contributed by atoms with van der Waals surface area (Å²) in [4.78, 5) is 10.2. The largest absolute Gasteiger partial charge is 0.303 e. The van der Waals surface area contributed by atoms with Crippen molar-refractivity contribution < 1.29 is 4.79 Å². The SMILES string of the molecule is O=CCC1=CC(Cl)=CCC=C1. The molecule has 1 nitrogen and oxygen atoms in total. The highest BCUT2D eigenvalue weighted by molar-refractivity contribution is 6.31. The molecule has 0 aromatic carbocycles. The van der Waals surface area contributed by atoms with Gasteiger partial charge >= 0.3 is 0 Å². The Labute approximate surface area is 71.0 Å². The molecule has 0 saturated carbocycles. The highest BCUT2D eigenvalue weighted by Crippen LogP contribution is 2.15. The number of hydrogen-bond acceptors (Lipinski definition) is 1. The van der Waals surface area contributed by atoms with E-state index in [2.05, 4.69) is 0 Å². The summed E-state index contributed by atoms with van der Waals surface area (Å²) in [5, 5.41) is 0.715. The molecule has 0 aromatic heterocycles. The molecule has 0 bridgehead atoms. The van der Waals surface area contributed by atoms with Crippen LogP contribution < -0.4 is 0 Å². The minimum atomic E-state index is 0.445. The standard InChI is InChI=1S/C9H9ClO/c10-9-4-2-1-3-8(7-9)5-6-11/h1,3-4,6-7H,2,5H2. The fourth-order valence-corrected chi connectivity index (χ4v) is 1.14. The van der Waals surface area contributed by atoms with Crippen molar-refractivity contribution >= 4 is 17.9 Å². The number of carbonyl (C=O) groups excluding carboxylic acids is 1. The summed E-state index contributed by atoms with van der Waals surface area (Å²) in [5.74, 6) is 0. The van der Waals surface area contributed by atoms with Crippen LogP contribution in [0, 0.1) is 0 Å². The molecule has 0 saturated heterocycles. The Balaban J connectivity index is 2.75. The monoisotopic (exact) mass is 168 g/mol. The fraction of sp³-hybridized carbons (Fsp3) is 0.222. The molecule has 1 aliphatic rings. The maximum absolute atomic E-state index is 10.2. The summed E-state index contributed by atoms with van der Waals surface area (Å²) in [6.07, 6.45) is 9.82. The second-order valence-electron chi connectivity index (χ2n) is 2.32. The number of halogens is 1. The van der Waals surface area contributed by atoms with E-state index < -0.39 is 0 Å². The zero-order valence-electron chi connectivity index (χ0n) is 6.09. The summed E-state index contributed by atoms with van der Waals surface area (Å²) in [5.41, 5.74) is 0.971. The van der Waals surface area contributed by atoms with Crippen LogP contribution in [0.4, 0.5) is 0 Å². The summed E-state index contributed by atoms with van der Waals surface area (Å²) < 4.78 is 0. The number of allylic oxidation sites excluding steroid dienone is 6. The summed E-state index contributed by atoms with van der Waals surface area (Å²) >= 11 is 5.78. The minimum Gasteiger partial charge on any atom is -0.303 e. The average Bonchev–Trinajstić information content (AvgIpc) is 2.15. The van der Waals surface area contributed by atoms with Crippen LogP contribution in [0.15, 0.2) is 34.9 Å². The smallest absolute Gasteiger partial charge is 0.124 e. The van der Waals surface area contributed by atoms with Crippen LogP contribution in [0.2, 0.25) is 0 Å². The second kappa shape index (κ2) is 4.14. The highest BCUT2D eigenvalue weighted by Gasteiger charge is 1.95. The molecular weight excluding hydrogens is 160 g/mol. The van der Waals surface area contributed by atoms with Crippen molar-refractivity contribution in [3.8, 4) is 0 Å². The van der Waals surface area contributed by atoms with Crippen molar-refractivity contribution in [1.82, 2.24) is 0 Å². The maximum atomic E-state index is 10.2. The molecule has 0 aliphatic heterocycles. The predicted octanol–water partition coefficient (Wildman–Crippen LogP) is 2.58. The van der Waals surface area contributed by atoms with Gasteiger partial charge in [-0.1, -0.05) is 29.8 Å². The van der Waals surface area contributed by atoms with Gasteiger partial charge in [-0.15, -0.1) is 0 Å². The number of rotatable bonds is 2. The van der Waals surface area contributed by atoms with Gasteiger partial charge in [-0.25, -0.2) is 0 Å². The molecule has 1 rings (SSSR count). The van der Waals surface area contributed by atoms with E-state index >= 15 is 0 Å². The first-order valence-electron chi connectivity index (χ1n) is 3.49. The van der Waals surface area contributed by atoms with E-state index in [0.717, 1.165) is 18.3 Å². The number of hydrogen-bond donors (Lipinski definition) is 0. The second-order valence-corrected chi connectivity index (χ2v) is 2.75. The molecule has 0 fully saturated rings. The van der Waals surface area contributed by atoms with Gasteiger partial charge < -0.3 is 4.79 Å². The van der Waals surface area contributed by atoms with E-state index in [1.54, 1.807) is 0 Å². The van der Waals surface area contributed by atoms with Crippen LogP contribution in [0.5, 0.6) is 0 Å². The van der Waals surface area contributed by atoms with Crippen molar-refractivity contribution in [2.75, 3.05) is 0 Å². The summed E-state index contributed by atoms with van der Waals surface area (Å²) in [7, 11) is 0. The predicted molar refractivity (Wildman–Crippen MR) is 46.5 cm³/mol. The van der Waals surface area contributed by atoms with Gasteiger partial charge in [-0.3, -0.25) is 0 Å². The van der Waals surface area contributed by atoms with Crippen molar-refractivity contribution in [2.24, 2.45) is 0 Å². The normalized spacial score (nSPS) is 16.8. The van der Waals surface area contributed by atoms with Crippen LogP contribution in [0.1, 0.15) is 12.8 Å². The molecular formula is C9H9ClO. The lowest BCUT2D eigenvalue weighted by Crippen LogP contribution is -1.78. The quantitative estimate of drug-likeness (QED) is 0.580. The Bertz CT molecular complexity index is 236. The van der Waals surface area contributed by atoms with E-state index in [4.69, 9.17) is 11.6 Å². The Kier molecular flexibility index (Phi) is 3.12. The van der Waals surface area contributed by atoms with Crippen LogP contribution >= 0.6 is 11.6 Å². The zero-order chi connectivity index (χ0) is 8.10. The Hall–Kier alpha value is -0.820. The lowest BCUT2D eigenvalue weighted by molar-refractivity contribution is -0.107. The van der Waals surface area contributed by atoms with Crippen LogP contribution in [0.3, 0.4) is 0 Å². The van der Waals surface area contributed by atoms with Crippen LogP contribution in [0.25, 0.3) is 0 Å². The molecule has 0 heterocycles.